The summed E-state index contributed by atoms with van der Waals surface area (Å²) in [5, 5.41) is 3.08. The third-order valence-corrected chi connectivity index (χ3v) is 6.31. The highest BCUT2D eigenvalue weighted by Crippen LogP contribution is 2.26. The van der Waals surface area contributed by atoms with Crippen LogP contribution in [0.5, 0.6) is 0 Å². The smallest absolute Gasteiger partial charge is 0.261 e. The number of fused-ring (bicyclic) bond motifs is 1. The second kappa shape index (κ2) is 9.57. The van der Waals surface area contributed by atoms with Gasteiger partial charge in [0.2, 0.25) is 5.91 Å². The minimum absolute atomic E-state index is 0.0279. The van der Waals surface area contributed by atoms with E-state index in [1.807, 2.05) is 30.3 Å². The molecule has 172 valence electrons. The maximum atomic E-state index is 13.0. The molecule has 0 spiro atoms. The first-order chi connectivity index (χ1) is 15.8. The Kier molecular flexibility index (Phi) is 6.58. The van der Waals surface area contributed by atoms with E-state index in [1.165, 1.54) is 11.0 Å². The lowest BCUT2D eigenvalue weighted by molar-refractivity contribution is -0.122. The Hall–Kier alpha value is -3.48. The van der Waals surface area contributed by atoms with E-state index in [1.54, 1.807) is 30.9 Å². The lowest BCUT2D eigenvalue weighted by atomic mass is 10.0. The number of likely N-dealkylation sites (tertiary alicyclic amines) is 1. The minimum Gasteiger partial charge on any atom is -0.353 e. The number of carbonyl (C=O) groups excluding carboxylic acids is 4. The normalized spacial score (nSPS) is 16.3. The minimum atomic E-state index is -0.350. The first-order valence-electron chi connectivity index (χ1n) is 11.5. The van der Waals surface area contributed by atoms with Gasteiger partial charge < -0.3 is 10.2 Å². The van der Waals surface area contributed by atoms with Crippen LogP contribution in [0.25, 0.3) is 0 Å². The largest absolute Gasteiger partial charge is 0.353 e. The van der Waals surface area contributed by atoms with Crippen molar-refractivity contribution >= 4 is 23.6 Å². The summed E-state index contributed by atoms with van der Waals surface area (Å²) in [6.07, 6.45) is 2.52. The Bertz CT molecular complexity index is 1070. The summed E-state index contributed by atoms with van der Waals surface area (Å²) >= 11 is 0. The van der Waals surface area contributed by atoms with Gasteiger partial charge in [0, 0.05) is 37.2 Å². The Morgan fingerprint density at radius 3 is 2.30 bits per heavy atom. The summed E-state index contributed by atoms with van der Waals surface area (Å²) in [7, 11) is 0. The summed E-state index contributed by atoms with van der Waals surface area (Å²) in [6, 6.07) is 14.5. The first kappa shape index (κ1) is 22.7. The monoisotopic (exact) mass is 447 g/mol. The molecule has 2 heterocycles. The molecule has 2 aliphatic rings. The zero-order chi connectivity index (χ0) is 23.5. The molecule has 0 bridgehead atoms. The maximum absolute atomic E-state index is 13.0. The van der Waals surface area contributed by atoms with Gasteiger partial charge in [0.15, 0.2) is 0 Å². The zero-order valence-corrected chi connectivity index (χ0v) is 19.0. The summed E-state index contributed by atoms with van der Waals surface area (Å²) in [5.41, 5.74) is 2.19. The number of nitrogens with one attached hydrogen (secondary N) is 1. The number of rotatable bonds is 6. The molecule has 0 radical (unpaired) electrons. The van der Waals surface area contributed by atoms with E-state index in [2.05, 4.69) is 5.32 Å². The van der Waals surface area contributed by atoms with Crippen molar-refractivity contribution in [3.63, 3.8) is 0 Å². The zero-order valence-electron chi connectivity index (χ0n) is 19.0. The van der Waals surface area contributed by atoms with E-state index in [-0.39, 0.29) is 35.7 Å². The van der Waals surface area contributed by atoms with Crippen molar-refractivity contribution in [2.45, 2.75) is 51.6 Å². The van der Waals surface area contributed by atoms with Gasteiger partial charge in [0.25, 0.3) is 17.7 Å². The number of aryl methyl sites for hydroxylation is 1. The molecular weight excluding hydrogens is 418 g/mol. The second-order valence-corrected chi connectivity index (χ2v) is 8.95. The van der Waals surface area contributed by atoms with Gasteiger partial charge in [-0.1, -0.05) is 30.3 Å². The van der Waals surface area contributed by atoms with Gasteiger partial charge >= 0.3 is 0 Å². The van der Waals surface area contributed by atoms with Crippen molar-refractivity contribution in [1.82, 2.24) is 15.1 Å². The molecule has 0 aliphatic carbocycles. The van der Waals surface area contributed by atoms with Crippen LogP contribution >= 0.6 is 0 Å². The van der Waals surface area contributed by atoms with Gasteiger partial charge in [-0.25, -0.2) is 0 Å². The van der Waals surface area contributed by atoms with Crippen molar-refractivity contribution in [2.75, 3.05) is 13.1 Å². The lowest BCUT2D eigenvalue weighted by Gasteiger charge is -2.32. The fraction of sp³-hybridized carbons (Fsp3) is 0.385. The predicted molar refractivity (Wildman–Crippen MR) is 124 cm³/mol. The van der Waals surface area contributed by atoms with E-state index in [0.717, 1.165) is 5.56 Å². The van der Waals surface area contributed by atoms with Crippen molar-refractivity contribution in [1.29, 1.82) is 0 Å². The number of nitrogens with zero attached hydrogens (tertiary/aromatic N) is 2. The molecule has 0 atom stereocenters. The van der Waals surface area contributed by atoms with Crippen LogP contribution in [-0.4, -0.2) is 58.6 Å². The molecule has 7 heteroatoms. The van der Waals surface area contributed by atoms with E-state index in [0.29, 0.717) is 55.5 Å². The number of amides is 4. The highest BCUT2D eigenvalue weighted by atomic mass is 16.2. The fourth-order valence-corrected chi connectivity index (χ4v) is 4.47. The number of piperidine rings is 1. The Labute approximate surface area is 193 Å². The topological polar surface area (TPSA) is 86.8 Å². The second-order valence-electron chi connectivity index (χ2n) is 8.95. The van der Waals surface area contributed by atoms with E-state index in [4.69, 9.17) is 0 Å². The Balaban J connectivity index is 1.31. The average molecular weight is 448 g/mol. The maximum Gasteiger partial charge on any atom is 0.261 e. The quantitative estimate of drug-likeness (QED) is 0.690. The highest BCUT2D eigenvalue weighted by molar-refractivity contribution is 6.22. The third kappa shape index (κ3) is 4.82. The van der Waals surface area contributed by atoms with Gasteiger partial charge in [-0.2, -0.15) is 0 Å². The standard InChI is InChI=1S/C26H29N3O4/c1-17(2)29-25(32)21-10-9-19(16-22(21)26(29)33)24(31)28-14-12-20(13-15-28)27-23(30)11-8-18-6-4-3-5-7-18/h3-7,9-10,16-17,20H,8,11-15H2,1-2H3,(H,27,30). The molecule has 2 aromatic carbocycles. The molecule has 1 saturated heterocycles. The number of benzene rings is 2. The number of hydrogen-bond acceptors (Lipinski definition) is 4. The van der Waals surface area contributed by atoms with Crippen molar-refractivity contribution in [2.24, 2.45) is 0 Å². The Morgan fingerprint density at radius 2 is 1.64 bits per heavy atom. The fourth-order valence-electron chi connectivity index (χ4n) is 4.47. The van der Waals surface area contributed by atoms with Crippen LogP contribution in [0.3, 0.4) is 0 Å². The Morgan fingerprint density at radius 1 is 0.970 bits per heavy atom. The molecule has 0 unspecified atom stereocenters. The molecule has 2 aromatic rings. The molecule has 0 saturated carbocycles. The number of imide groups is 1. The molecule has 2 aliphatic heterocycles. The third-order valence-electron chi connectivity index (χ3n) is 6.31. The lowest BCUT2D eigenvalue weighted by Crippen LogP contribution is -2.46. The summed E-state index contributed by atoms with van der Waals surface area (Å²) in [6.45, 7) is 4.64. The SMILES string of the molecule is CC(C)N1C(=O)c2ccc(C(=O)N3CCC(NC(=O)CCc4ccccc4)CC3)cc2C1=O. The average Bonchev–Trinajstić information content (AvgIpc) is 3.08. The van der Waals surface area contributed by atoms with Crippen molar-refractivity contribution < 1.29 is 19.2 Å². The first-order valence-corrected chi connectivity index (χ1v) is 11.5. The van der Waals surface area contributed by atoms with Crippen LogP contribution in [-0.2, 0) is 11.2 Å². The van der Waals surface area contributed by atoms with Crippen LogP contribution in [0.1, 0.15) is 69.7 Å². The van der Waals surface area contributed by atoms with Crippen molar-refractivity contribution in [3.8, 4) is 0 Å². The highest BCUT2D eigenvalue weighted by Gasteiger charge is 2.38. The van der Waals surface area contributed by atoms with Crippen LogP contribution < -0.4 is 5.32 Å². The van der Waals surface area contributed by atoms with Gasteiger partial charge in [0.05, 0.1) is 11.1 Å². The van der Waals surface area contributed by atoms with Crippen LogP contribution in [0.15, 0.2) is 48.5 Å². The van der Waals surface area contributed by atoms with E-state index < -0.39 is 0 Å². The number of carbonyl (C=O) groups is 4. The number of hydrogen-bond donors (Lipinski definition) is 1. The molecule has 33 heavy (non-hydrogen) atoms. The molecular formula is C26H29N3O4. The predicted octanol–water partition coefficient (Wildman–Crippen LogP) is 3.04. The molecule has 7 nitrogen and oxygen atoms in total. The summed E-state index contributed by atoms with van der Waals surface area (Å²) in [4.78, 5) is 53.4. The molecule has 4 amide bonds. The molecule has 0 aromatic heterocycles. The van der Waals surface area contributed by atoms with Gasteiger partial charge in [-0.05, 0) is 56.9 Å². The summed E-state index contributed by atoms with van der Waals surface area (Å²) in [5.74, 6) is -0.792. The van der Waals surface area contributed by atoms with Crippen LogP contribution in [0, 0.1) is 0 Å². The molecule has 4 rings (SSSR count). The molecule has 1 N–H and O–H groups in total. The van der Waals surface area contributed by atoms with Gasteiger partial charge in [-0.3, -0.25) is 24.1 Å². The van der Waals surface area contributed by atoms with E-state index in [9.17, 15) is 19.2 Å². The van der Waals surface area contributed by atoms with E-state index >= 15 is 0 Å². The van der Waals surface area contributed by atoms with Crippen LogP contribution in [0.2, 0.25) is 0 Å². The van der Waals surface area contributed by atoms with Crippen LogP contribution in [0.4, 0.5) is 0 Å². The molecule has 1 fully saturated rings. The summed E-state index contributed by atoms with van der Waals surface area (Å²) < 4.78 is 0. The van der Waals surface area contributed by atoms with Gasteiger partial charge in [-0.15, -0.1) is 0 Å². The van der Waals surface area contributed by atoms with Gasteiger partial charge in [0.1, 0.15) is 0 Å². The van der Waals surface area contributed by atoms with Crippen molar-refractivity contribution in [3.05, 3.63) is 70.8 Å².